The Kier molecular flexibility index (Phi) is 9.06. The minimum Gasteiger partial charge on any atom is -0.392 e. The van der Waals surface area contributed by atoms with Crippen LogP contribution in [0.15, 0.2) is 0 Å². The third kappa shape index (κ3) is 8.85. The Morgan fingerprint density at radius 2 is 1.93 bits per heavy atom. The molecule has 0 spiro atoms. The molecule has 0 fully saturated rings. The van der Waals surface area contributed by atoms with Gasteiger partial charge in [-0.15, -0.1) is 0 Å². The Hall–Kier alpha value is -0.120. The van der Waals surface area contributed by atoms with Crippen molar-refractivity contribution in [1.82, 2.24) is 4.90 Å². The van der Waals surface area contributed by atoms with E-state index in [2.05, 4.69) is 25.7 Å². The monoisotopic (exact) mass is 217 g/mol. The van der Waals surface area contributed by atoms with E-state index in [4.69, 9.17) is 4.74 Å². The second kappa shape index (κ2) is 9.13. The Balaban J connectivity index is 3.87. The lowest BCUT2D eigenvalue weighted by molar-refractivity contribution is 0.0777. The normalized spacial score (nSPS) is 13.8. The molecular weight excluding hydrogens is 190 g/mol. The number of hydrogen-bond donors (Lipinski definition) is 1. The van der Waals surface area contributed by atoms with Gasteiger partial charge in [-0.1, -0.05) is 27.2 Å². The van der Waals surface area contributed by atoms with Crippen LogP contribution in [0.4, 0.5) is 0 Å². The molecule has 1 N–H and O–H groups in total. The van der Waals surface area contributed by atoms with Crippen LogP contribution in [0.2, 0.25) is 0 Å². The molecule has 0 aromatic carbocycles. The smallest absolute Gasteiger partial charge is 0.0667 e. The summed E-state index contributed by atoms with van der Waals surface area (Å²) < 4.78 is 5.07. The molecule has 92 valence electrons. The zero-order chi connectivity index (χ0) is 11.7. The summed E-state index contributed by atoms with van der Waals surface area (Å²) in [6.45, 7) is 9.96. The van der Waals surface area contributed by atoms with Crippen LogP contribution in [0.3, 0.4) is 0 Å². The summed E-state index contributed by atoms with van der Waals surface area (Å²) in [4.78, 5) is 2.29. The maximum absolute atomic E-state index is 9.75. The van der Waals surface area contributed by atoms with Gasteiger partial charge >= 0.3 is 0 Å². The molecule has 0 aromatic heterocycles. The molecule has 0 rings (SSSR count). The highest BCUT2D eigenvalue weighted by Gasteiger charge is 2.11. The highest BCUT2D eigenvalue weighted by atomic mass is 16.5. The number of aliphatic hydroxyl groups excluding tert-OH is 1. The van der Waals surface area contributed by atoms with Crippen molar-refractivity contribution in [3.63, 3.8) is 0 Å². The predicted molar refractivity (Wildman–Crippen MR) is 64.1 cm³/mol. The van der Waals surface area contributed by atoms with Crippen molar-refractivity contribution in [2.75, 3.05) is 33.4 Å². The molecule has 3 nitrogen and oxygen atoms in total. The zero-order valence-corrected chi connectivity index (χ0v) is 10.7. The number of rotatable bonds is 9. The van der Waals surface area contributed by atoms with Crippen LogP contribution in [-0.4, -0.2) is 49.5 Å². The summed E-state index contributed by atoms with van der Waals surface area (Å²) in [5, 5.41) is 9.75. The van der Waals surface area contributed by atoms with Crippen LogP contribution in [0.25, 0.3) is 0 Å². The Morgan fingerprint density at radius 1 is 1.27 bits per heavy atom. The van der Waals surface area contributed by atoms with Crippen molar-refractivity contribution in [2.45, 2.75) is 39.7 Å². The topological polar surface area (TPSA) is 32.7 Å². The summed E-state index contributed by atoms with van der Waals surface area (Å²) >= 11 is 0. The number of aliphatic hydroxyl groups is 1. The maximum Gasteiger partial charge on any atom is 0.0667 e. The first-order chi connectivity index (χ1) is 7.10. The van der Waals surface area contributed by atoms with Gasteiger partial charge < -0.3 is 9.84 Å². The molecule has 3 heteroatoms. The average Bonchev–Trinajstić information content (AvgIpc) is 2.13. The standard InChI is InChI=1S/C12H27NO2/c1-5-6-12(14)10-13(7-8-15-4)9-11(2)3/h11-12,14H,5-10H2,1-4H3. The molecule has 0 aliphatic rings. The first-order valence-electron chi connectivity index (χ1n) is 5.99. The van der Waals surface area contributed by atoms with Gasteiger partial charge in [0, 0.05) is 26.7 Å². The van der Waals surface area contributed by atoms with Crippen molar-refractivity contribution in [3.8, 4) is 0 Å². The fraction of sp³-hybridized carbons (Fsp3) is 1.00. The lowest BCUT2D eigenvalue weighted by Gasteiger charge is -2.26. The molecule has 0 bridgehead atoms. The Morgan fingerprint density at radius 3 is 2.40 bits per heavy atom. The van der Waals surface area contributed by atoms with Gasteiger partial charge in [-0.05, 0) is 12.3 Å². The maximum atomic E-state index is 9.75. The minimum absolute atomic E-state index is 0.189. The van der Waals surface area contributed by atoms with Gasteiger partial charge in [0.1, 0.15) is 0 Å². The number of methoxy groups -OCH3 is 1. The SMILES string of the molecule is CCCC(O)CN(CCOC)CC(C)C. The highest BCUT2D eigenvalue weighted by molar-refractivity contribution is 4.65. The Bertz CT molecular complexity index is 140. The molecule has 0 aliphatic heterocycles. The summed E-state index contributed by atoms with van der Waals surface area (Å²) in [6, 6.07) is 0. The molecule has 0 radical (unpaired) electrons. The van der Waals surface area contributed by atoms with Crippen molar-refractivity contribution in [3.05, 3.63) is 0 Å². The molecule has 0 saturated heterocycles. The van der Waals surface area contributed by atoms with Crippen LogP contribution >= 0.6 is 0 Å². The van der Waals surface area contributed by atoms with E-state index in [0.29, 0.717) is 5.92 Å². The van der Waals surface area contributed by atoms with E-state index in [1.165, 1.54) is 0 Å². The molecule has 0 aliphatic carbocycles. The lowest BCUT2D eigenvalue weighted by atomic mass is 10.1. The predicted octanol–water partition coefficient (Wildman–Crippen LogP) is 1.75. The summed E-state index contributed by atoms with van der Waals surface area (Å²) in [7, 11) is 1.72. The number of ether oxygens (including phenoxy) is 1. The zero-order valence-electron chi connectivity index (χ0n) is 10.7. The molecule has 0 aromatic rings. The summed E-state index contributed by atoms with van der Waals surface area (Å²) in [5.74, 6) is 0.635. The van der Waals surface area contributed by atoms with E-state index in [1.807, 2.05) is 0 Å². The lowest BCUT2D eigenvalue weighted by Crippen LogP contribution is -2.37. The van der Waals surface area contributed by atoms with Crippen LogP contribution in [0.1, 0.15) is 33.6 Å². The summed E-state index contributed by atoms with van der Waals surface area (Å²) in [5.41, 5.74) is 0. The van der Waals surface area contributed by atoms with Gasteiger partial charge in [-0.3, -0.25) is 4.90 Å². The third-order valence-corrected chi connectivity index (χ3v) is 2.33. The first kappa shape index (κ1) is 14.9. The summed E-state index contributed by atoms with van der Waals surface area (Å²) in [6.07, 6.45) is 1.74. The van der Waals surface area contributed by atoms with Crippen LogP contribution in [-0.2, 0) is 4.74 Å². The van der Waals surface area contributed by atoms with Crippen LogP contribution in [0.5, 0.6) is 0 Å². The van der Waals surface area contributed by atoms with Crippen molar-refractivity contribution in [1.29, 1.82) is 0 Å². The van der Waals surface area contributed by atoms with Gasteiger partial charge in [-0.2, -0.15) is 0 Å². The van der Waals surface area contributed by atoms with Crippen LogP contribution in [0, 0.1) is 5.92 Å². The molecule has 0 heterocycles. The molecule has 0 amide bonds. The number of nitrogens with zero attached hydrogens (tertiary/aromatic N) is 1. The third-order valence-electron chi connectivity index (χ3n) is 2.33. The van der Waals surface area contributed by atoms with Gasteiger partial charge in [-0.25, -0.2) is 0 Å². The first-order valence-corrected chi connectivity index (χ1v) is 5.99. The van der Waals surface area contributed by atoms with E-state index in [0.717, 1.165) is 39.1 Å². The van der Waals surface area contributed by atoms with Gasteiger partial charge in [0.15, 0.2) is 0 Å². The van der Waals surface area contributed by atoms with Gasteiger partial charge in [0.25, 0.3) is 0 Å². The van der Waals surface area contributed by atoms with Crippen LogP contribution < -0.4 is 0 Å². The molecule has 1 atom stereocenters. The fourth-order valence-corrected chi connectivity index (χ4v) is 1.72. The van der Waals surface area contributed by atoms with Gasteiger partial charge in [0.2, 0.25) is 0 Å². The van der Waals surface area contributed by atoms with E-state index in [-0.39, 0.29) is 6.10 Å². The second-order valence-electron chi connectivity index (χ2n) is 4.59. The molecular formula is C12H27NO2. The average molecular weight is 217 g/mol. The number of hydrogen-bond acceptors (Lipinski definition) is 3. The molecule has 15 heavy (non-hydrogen) atoms. The van der Waals surface area contributed by atoms with E-state index >= 15 is 0 Å². The van der Waals surface area contributed by atoms with E-state index in [1.54, 1.807) is 7.11 Å². The molecule has 1 unspecified atom stereocenters. The Labute approximate surface area is 94.4 Å². The fourth-order valence-electron chi connectivity index (χ4n) is 1.72. The quantitative estimate of drug-likeness (QED) is 0.638. The van der Waals surface area contributed by atoms with Crippen molar-refractivity contribution in [2.24, 2.45) is 5.92 Å². The van der Waals surface area contributed by atoms with Crippen molar-refractivity contribution >= 4 is 0 Å². The highest BCUT2D eigenvalue weighted by Crippen LogP contribution is 2.03. The molecule has 0 saturated carbocycles. The minimum atomic E-state index is -0.189. The largest absolute Gasteiger partial charge is 0.392 e. The van der Waals surface area contributed by atoms with E-state index < -0.39 is 0 Å². The van der Waals surface area contributed by atoms with Crippen molar-refractivity contribution < 1.29 is 9.84 Å². The second-order valence-corrected chi connectivity index (χ2v) is 4.59. The van der Waals surface area contributed by atoms with E-state index in [9.17, 15) is 5.11 Å². The van der Waals surface area contributed by atoms with Gasteiger partial charge in [0.05, 0.1) is 12.7 Å².